The minimum absolute atomic E-state index is 0.0353. The lowest BCUT2D eigenvalue weighted by atomic mass is 9.86. The van der Waals surface area contributed by atoms with E-state index < -0.39 is 0 Å². The van der Waals surface area contributed by atoms with Crippen LogP contribution in [0, 0.1) is 0 Å². The van der Waals surface area contributed by atoms with E-state index >= 15 is 0 Å². The molecule has 6 heteroatoms. The summed E-state index contributed by atoms with van der Waals surface area (Å²) in [6.07, 6.45) is 1.28. The van der Waals surface area contributed by atoms with Crippen LogP contribution < -0.4 is 18.9 Å². The van der Waals surface area contributed by atoms with Crippen LogP contribution in [-0.2, 0) is 6.42 Å². The molecule has 148 valence electrons. The van der Waals surface area contributed by atoms with Crippen molar-refractivity contribution in [1.82, 2.24) is 0 Å². The fraction of sp³-hybridized carbons (Fsp3) is 0.409. The highest BCUT2D eigenvalue weighted by atomic mass is 16.7. The lowest BCUT2D eigenvalue weighted by molar-refractivity contribution is -0.922. The molecule has 0 aliphatic carbocycles. The van der Waals surface area contributed by atoms with Gasteiger partial charge in [0, 0.05) is 12.0 Å². The average Bonchev–Trinajstić information content (AvgIpc) is 3.16. The Labute approximate surface area is 165 Å². The summed E-state index contributed by atoms with van der Waals surface area (Å²) < 4.78 is 23.0. The lowest BCUT2D eigenvalue weighted by Gasteiger charge is -2.43. The first kappa shape index (κ1) is 18.6. The number of quaternary nitrogens is 1. The minimum atomic E-state index is -0.0353. The highest BCUT2D eigenvalue weighted by Gasteiger charge is 2.42. The van der Waals surface area contributed by atoms with E-state index in [0.29, 0.717) is 33.7 Å². The van der Waals surface area contributed by atoms with Gasteiger partial charge in [0.1, 0.15) is 11.8 Å². The summed E-state index contributed by atoms with van der Waals surface area (Å²) >= 11 is 0. The first-order valence-electron chi connectivity index (χ1n) is 9.44. The van der Waals surface area contributed by atoms with Crippen LogP contribution in [0.1, 0.15) is 33.9 Å². The van der Waals surface area contributed by atoms with Gasteiger partial charge in [-0.25, -0.2) is 0 Å². The van der Waals surface area contributed by atoms with Gasteiger partial charge in [-0.2, -0.15) is 0 Å². The molecule has 2 aliphatic rings. The number of hydrogen-bond donors (Lipinski definition) is 0. The lowest BCUT2D eigenvalue weighted by Crippen LogP contribution is -2.48. The van der Waals surface area contributed by atoms with Crippen LogP contribution in [0.15, 0.2) is 30.3 Å². The van der Waals surface area contributed by atoms with E-state index in [4.69, 9.17) is 18.9 Å². The first-order chi connectivity index (χ1) is 13.4. The van der Waals surface area contributed by atoms with Crippen molar-refractivity contribution in [2.75, 3.05) is 41.7 Å². The smallest absolute Gasteiger partial charge is 0.231 e. The third kappa shape index (κ3) is 3.07. The maximum atomic E-state index is 13.1. The highest BCUT2D eigenvalue weighted by Crippen LogP contribution is 2.51. The first-order valence-corrected chi connectivity index (χ1v) is 9.44. The topological polar surface area (TPSA) is 54.0 Å². The Balaban J connectivity index is 1.75. The summed E-state index contributed by atoms with van der Waals surface area (Å²) in [6, 6.07) is 9.33. The minimum Gasteiger partial charge on any atom is -0.497 e. The maximum absolute atomic E-state index is 13.1. The summed E-state index contributed by atoms with van der Waals surface area (Å²) in [5, 5.41) is 0. The zero-order chi connectivity index (χ0) is 19.9. The molecular weight excluding hydrogens is 358 g/mol. The Morgan fingerprint density at radius 2 is 2.00 bits per heavy atom. The molecule has 4 rings (SSSR count). The molecule has 0 N–H and O–H groups in total. The van der Waals surface area contributed by atoms with Crippen LogP contribution >= 0.6 is 0 Å². The Kier molecular flexibility index (Phi) is 4.67. The monoisotopic (exact) mass is 384 g/mol. The zero-order valence-corrected chi connectivity index (χ0v) is 16.8. The van der Waals surface area contributed by atoms with Crippen LogP contribution in [0.2, 0.25) is 0 Å². The van der Waals surface area contributed by atoms with Gasteiger partial charge in [0.15, 0.2) is 17.3 Å². The van der Waals surface area contributed by atoms with Crippen molar-refractivity contribution in [2.45, 2.75) is 18.9 Å². The molecule has 0 saturated carbocycles. The number of benzene rings is 2. The molecular formula is C22H26NO5+. The largest absolute Gasteiger partial charge is 0.497 e. The van der Waals surface area contributed by atoms with Gasteiger partial charge in [-0.3, -0.25) is 4.79 Å². The highest BCUT2D eigenvalue weighted by molar-refractivity contribution is 5.97. The SMILES string of the molecule is COc1cccc(C(=O)CC2c3c(cc4c(c3OC)OCO4)CC[N+]2(C)C)c1. The van der Waals surface area contributed by atoms with Crippen LogP contribution in [0.3, 0.4) is 0 Å². The van der Waals surface area contributed by atoms with E-state index in [1.807, 2.05) is 24.3 Å². The number of ketones is 1. The van der Waals surface area contributed by atoms with Gasteiger partial charge in [-0.15, -0.1) is 0 Å². The molecule has 2 aromatic rings. The summed E-state index contributed by atoms with van der Waals surface area (Å²) in [7, 11) is 7.58. The second-order valence-electron chi connectivity index (χ2n) is 7.84. The van der Waals surface area contributed by atoms with Crippen molar-refractivity contribution < 1.29 is 28.2 Å². The summed E-state index contributed by atoms with van der Waals surface area (Å²) in [6.45, 7) is 1.13. The third-order valence-corrected chi connectivity index (χ3v) is 5.85. The second kappa shape index (κ2) is 7.02. The molecule has 0 saturated heterocycles. The molecule has 2 aliphatic heterocycles. The van der Waals surface area contributed by atoms with Crippen LogP contribution in [0.5, 0.6) is 23.0 Å². The molecule has 28 heavy (non-hydrogen) atoms. The quantitative estimate of drug-likeness (QED) is 0.584. The maximum Gasteiger partial charge on any atom is 0.231 e. The number of Topliss-reactive ketones (excluding diaryl/α,β-unsaturated/α-hetero) is 1. The van der Waals surface area contributed by atoms with Crippen LogP contribution in [0.4, 0.5) is 0 Å². The molecule has 6 nitrogen and oxygen atoms in total. The summed E-state index contributed by atoms with van der Waals surface area (Å²) in [5.41, 5.74) is 2.88. The van der Waals surface area contributed by atoms with Gasteiger partial charge in [0.25, 0.3) is 0 Å². The molecule has 2 heterocycles. The van der Waals surface area contributed by atoms with E-state index in [2.05, 4.69) is 14.1 Å². The second-order valence-corrected chi connectivity index (χ2v) is 7.84. The van der Waals surface area contributed by atoms with Crippen molar-refractivity contribution in [1.29, 1.82) is 0 Å². The normalized spacial score (nSPS) is 19.1. The number of rotatable bonds is 5. The fourth-order valence-corrected chi connectivity index (χ4v) is 4.21. The van der Waals surface area contributed by atoms with Crippen LogP contribution in [0.25, 0.3) is 0 Å². The van der Waals surface area contributed by atoms with Crippen molar-refractivity contribution >= 4 is 5.78 Å². The molecule has 2 aromatic carbocycles. The predicted octanol–water partition coefficient (Wildman–Crippen LogP) is 3.38. The van der Waals surface area contributed by atoms with Crippen LogP contribution in [-0.4, -0.2) is 51.9 Å². The fourth-order valence-electron chi connectivity index (χ4n) is 4.21. The van der Waals surface area contributed by atoms with Gasteiger partial charge in [0.2, 0.25) is 12.5 Å². The number of carbonyl (C=O) groups is 1. The Hall–Kier alpha value is -2.73. The van der Waals surface area contributed by atoms with Gasteiger partial charge >= 0.3 is 0 Å². The number of carbonyl (C=O) groups excluding carboxylic acids is 1. The van der Waals surface area contributed by atoms with Gasteiger partial charge in [0.05, 0.1) is 46.8 Å². The molecule has 0 radical (unpaired) electrons. The average molecular weight is 384 g/mol. The predicted molar refractivity (Wildman–Crippen MR) is 104 cm³/mol. The van der Waals surface area contributed by atoms with Crippen molar-refractivity contribution in [3.8, 4) is 23.0 Å². The number of fused-ring (bicyclic) bond motifs is 2. The number of ether oxygens (including phenoxy) is 4. The Morgan fingerprint density at radius 3 is 2.75 bits per heavy atom. The van der Waals surface area contributed by atoms with E-state index in [-0.39, 0.29) is 18.6 Å². The van der Waals surface area contributed by atoms with Crippen molar-refractivity contribution in [3.63, 3.8) is 0 Å². The molecule has 0 aromatic heterocycles. The molecule has 0 amide bonds. The molecule has 0 spiro atoms. The number of likely N-dealkylation sites (N-methyl/N-ethyl adjacent to an activating group) is 1. The Bertz CT molecular complexity index is 921. The van der Waals surface area contributed by atoms with E-state index in [1.165, 1.54) is 5.56 Å². The van der Waals surface area contributed by atoms with E-state index in [1.54, 1.807) is 20.3 Å². The summed E-state index contributed by atoms with van der Waals surface area (Å²) in [5.74, 6) is 2.83. The van der Waals surface area contributed by atoms with Gasteiger partial charge in [-0.05, 0) is 23.8 Å². The molecule has 1 atom stereocenters. The van der Waals surface area contributed by atoms with E-state index in [0.717, 1.165) is 24.3 Å². The van der Waals surface area contributed by atoms with Gasteiger partial charge < -0.3 is 23.4 Å². The standard InChI is InChI=1S/C22H26NO5/c1-23(2)9-8-15-11-19-21(28-13-27-19)22(26-4)20(15)17(23)12-18(24)14-6-5-7-16(10-14)25-3/h5-7,10-11,17H,8-9,12-13H2,1-4H3/q+1. The molecule has 0 bridgehead atoms. The van der Waals surface area contributed by atoms with E-state index in [9.17, 15) is 4.79 Å². The van der Waals surface area contributed by atoms with Gasteiger partial charge in [-0.1, -0.05) is 12.1 Å². The number of methoxy groups -OCH3 is 2. The third-order valence-electron chi connectivity index (χ3n) is 5.85. The Morgan fingerprint density at radius 1 is 1.18 bits per heavy atom. The zero-order valence-electron chi connectivity index (χ0n) is 16.8. The number of hydrogen-bond acceptors (Lipinski definition) is 5. The molecule has 1 unspecified atom stereocenters. The van der Waals surface area contributed by atoms with Crippen molar-refractivity contribution in [3.05, 3.63) is 47.0 Å². The summed E-state index contributed by atoms with van der Waals surface area (Å²) in [4.78, 5) is 13.1. The molecule has 0 fully saturated rings. The van der Waals surface area contributed by atoms with Crippen molar-refractivity contribution in [2.24, 2.45) is 0 Å². The number of nitrogens with zero attached hydrogens (tertiary/aromatic N) is 1.